The van der Waals surface area contributed by atoms with Crippen LogP contribution in [0.3, 0.4) is 0 Å². The van der Waals surface area contributed by atoms with Gasteiger partial charge in [-0.15, -0.1) is 0 Å². The summed E-state index contributed by atoms with van der Waals surface area (Å²) < 4.78 is 5.16. The quantitative estimate of drug-likeness (QED) is 0.896. The number of hydrogen-bond acceptors (Lipinski definition) is 3. The first-order valence-electron chi connectivity index (χ1n) is 7.23. The third-order valence-corrected chi connectivity index (χ3v) is 4.09. The number of carboxylic acid groups (broad SMARTS) is 1. The number of H-pyrrole nitrogens is 1. The molecule has 0 aliphatic carbocycles. The second-order valence-corrected chi connectivity index (χ2v) is 5.50. The molecular formula is C16H18N2O4. The average molecular weight is 302 g/mol. The SMILES string of the molecule is Cc1cccc2c(CC(=O)N3CCOC[C@@H]3C(=O)O)c[nH]c12. The number of amides is 1. The van der Waals surface area contributed by atoms with Crippen molar-refractivity contribution in [3.8, 4) is 0 Å². The van der Waals surface area contributed by atoms with Crippen LogP contribution in [-0.2, 0) is 20.7 Å². The van der Waals surface area contributed by atoms with Gasteiger partial charge in [0.15, 0.2) is 6.04 Å². The Balaban J connectivity index is 1.83. The number of nitrogens with one attached hydrogen (secondary N) is 1. The molecule has 2 N–H and O–H groups in total. The molecule has 1 aromatic carbocycles. The number of aromatic amines is 1. The minimum Gasteiger partial charge on any atom is -0.480 e. The molecule has 0 saturated carbocycles. The van der Waals surface area contributed by atoms with Crippen LogP contribution >= 0.6 is 0 Å². The molecule has 1 fully saturated rings. The van der Waals surface area contributed by atoms with Gasteiger partial charge in [-0.1, -0.05) is 18.2 Å². The van der Waals surface area contributed by atoms with Gasteiger partial charge in [0.2, 0.25) is 5.91 Å². The molecule has 0 radical (unpaired) electrons. The highest BCUT2D eigenvalue weighted by molar-refractivity contribution is 5.91. The summed E-state index contributed by atoms with van der Waals surface area (Å²) in [5.41, 5.74) is 3.02. The van der Waals surface area contributed by atoms with Crippen molar-refractivity contribution >= 4 is 22.8 Å². The maximum atomic E-state index is 12.5. The van der Waals surface area contributed by atoms with Crippen LogP contribution in [0.4, 0.5) is 0 Å². The molecule has 0 bridgehead atoms. The first-order valence-corrected chi connectivity index (χ1v) is 7.23. The van der Waals surface area contributed by atoms with Crippen molar-refractivity contribution in [1.82, 2.24) is 9.88 Å². The van der Waals surface area contributed by atoms with Crippen LogP contribution in [0.5, 0.6) is 0 Å². The Morgan fingerprint density at radius 3 is 3.05 bits per heavy atom. The van der Waals surface area contributed by atoms with E-state index in [1.54, 1.807) is 0 Å². The van der Waals surface area contributed by atoms with Gasteiger partial charge >= 0.3 is 5.97 Å². The van der Waals surface area contributed by atoms with Crippen LogP contribution in [0.1, 0.15) is 11.1 Å². The number of hydrogen-bond donors (Lipinski definition) is 2. The first-order chi connectivity index (χ1) is 10.6. The number of carbonyl (C=O) groups excluding carboxylic acids is 1. The zero-order chi connectivity index (χ0) is 15.7. The van der Waals surface area contributed by atoms with E-state index in [9.17, 15) is 14.7 Å². The van der Waals surface area contributed by atoms with Gasteiger partial charge in [0.25, 0.3) is 0 Å². The largest absolute Gasteiger partial charge is 0.480 e. The second kappa shape index (κ2) is 5.81. The molecule has 1 aromatic heterocycles. The standard InChI is InChI=1S/C16H18N2O4/c1-10-3-2-4-12-11(8-17-15(10)12)7-14(19)18-5-6-22-9-13(18)16(20)21/h2-4,8,13,17H,5-7,9H2,1H3,(H,20,21)/t13-/m1/s1. The number of morpholine rings is 1. The van der Waals surface area contributed by atoms with E-state index in [0.717, 1.165) is 22.0 Å². The fourth-order valence-corrected chi connectivity index (χ4v) is 2.88. The van der Waals surface area contributed by atoms with Gasteiger partial charge in [0, 0.05) is 23.6 Å². The Labute approximate surface area is 127 Å². The van der Waals surface area contributed by atoms with Gasteiger partial charge in [0.05, 0.1) is 19.6 Å². The van der Waals surface area contributed by atoms with Gasteiger partial charge in [-0.05, 0) is 18.1 Å². The van der Waals surface area contributed by atoms with Crippen molar-refractivity contribution < 1.29 is 19.4 Å². The van der Waals surface area contributed by atoms with Crippen LogP contribution in [0.25, 0.3) is 10.9 Å². The number of benzene rings is 1. The second-order valence-electron chi connectivity index (χ2n) is 5.50. The molecular weight excluding hydrogens is 284 g/mol. The van der Waals surface area contributed by atoms with E-state index in [-0.39, 0.29) is 18.9 Å². The normalized spacial score (nSPS) is 18.6. The molecule has 2 heterocycles. The van der Waals surface area contributed by atoms with E-state index in [1.807, 2.05) is 31.3 Å². The Bertz CT molecular complexity index is 722. The van der Waals surface area contributed by atoms with Crippen LogP contribution < -0.4 is 0 Å². The van der Waals surface area contributed by atoms with Gasteiger partial charge in [-0.25, -0.2) is 4.79 Å². The smallest absolute Gasteiger partial charge is 0.328 e. The summed E-state index contributed by atoms with van der Waals surface area (Å²) >= 11 is 0. The molecule has 1 atom stereocenters. The number of aliphatic carboxylic acids is 1. The van der Waals surface area contributed by atoms with Crippen molar-refractivity contribution in [3.63, 3.8) is 0 Å². The number of carboxylic acids is 1. The Kier molecular flexibility index (Phi) is 3.85. The molecule has 0 spiro atoms. The third kappa shape index (κ3) is 2.57. The summed E-state index contributed by atoms with van der Waals surface area (Å²) in [5, 5.41) is 10.2. The summed E-state index contributed by atoms with van der Waals surface area (Å²) in [5.74, 6) is -1.21. The number of rotatable bonds is 3. The Morgan fingerprint density at radius 1 is 1.45 bits per heavy atom. The summed E-state index contributed by atoms with van der Waals surface area (Å²) in [4.78, 5) is 28.3. The molecule has 1 amide bonds. The molecule has 6 heteroatoms. The topological polar surface area (TPSA) is 82.6 Å². The minimum absolute atomic E-state index is 0.0497. The Morgan fingerprint density at radius 2 is 2.27 bits per heavy atom. The van der Waals surface area contributed by atoms with Crippen molar-refractivity contribution in [2.75, 3.05) is 19.8 Å². The van der Waals surface area contributed by atoms with Crippen molar-refractivity contribution in [3.05, 3.63) is 35.5 Å². The summed E-state index contributed by atoms with van der Waals surface area (Å²) in [6, 6.07) is 5.03. The lowest BCUT2D eigenvalue weighted by atomic mass is 10.1. The van der Waals surface area contributed by atoms with Gasteiger partial charge < -0.3 is 19.7 Å². The summed E-state index contributed by atoms with van der Waals surface area (Å²) in [6.07, 6.45) is 2.01. The molecule has 3 rings (SSSR count). The number of ether oxygens (including phenoxy) is 1. The minimum atomic E-state index is -1.03. The number of aromatic nitrogens is 1. The van der Waals surface area contributed by atoms with Crippen LogP contribution in [0.15, 0.2) is 24.4 Å². The van der Waals surface area contributed by atoms with E-state index >= 15 is 0 Å². The van der Waals surface area contributed by atoms with E-state index < -0.39 is 12.0 Å². The highest BCUT2D eigenvalue weighted by Gasteiger charge is 2.32. The zero-order valence-electron chi connectivity index (χ0n) is 12.3. The maximum Gasteiger partial charge on any atom is 0.328 e. The predicted octanol–water partition coefficient (Wildman–Crippen LogP) is 1.33. The molecule has 1 saturated heterocycles. The van der Waals surface area contributed by atoms with Gasteiger partial charge in [-0.2, -0.15) is 0 Å². The number of aryl methyl sites for hydroxylation is 1. The molecule has 0 unspecified atom stereocenters. The summed E-state index contributed by atoms with van der Waals surface area (Å²) in [7, 11) is 0. The molecule has 22 heavy (non-hydrogen) atoms. The van der Waals surface area contributed by atoms with Crippen LogP contribution in [0, 0.1) is 6.92 Å². The fraction of sp³-hybridized carbons (Fsp3) is 0.375. The highest BCUT2D eigenvalue weighted by atomic mass is 16.5. The van der Waals surface area contributed by atoms with Crippen molar-refractivity contribution in [2.45, 2.75) is 19.4 Å². The van der Waals surface area contributed by atoms with Crippen molar-refractivity contribution in [1.29, 1.82) is 0 Å². The number of nitrogens with zero attached hydrogens (tertiary/aromatic N) is 1. The Hall–Kier alpha value is -2.34. The maximum absolute atomic E-state index is 12.5. The summed E-state index contributed by atoms with van der Waals surface area (Å²) in [6.45, 7) is 2.75. The molecule has 2 aromatic rings. The van der Waals surface area contributed by atoms with E-state index in [1.165, 1.54) is 4.90 Å². The lowest BCUT2D eigenvalue weighted by Gasteiger charge is -2.32. The monoisotopic (exact) mass is 302 g/mol. The number of carbonyl (C=O) groups is 2. The zero-order valence-corrected chi connectivity index (χ0v) is 12.3. The number of fused-ring (bicyclic) bond motifs is 1. The van der Waals surface area contributed by atoms with E-state index in [0.29, 0.717) is 13.2 Å². The lowest BCUT2D eigenvalue weighted by molar-refractivity contribution is -0.157. The fourth-order valence-electron chi connectivity index (χ4n) is 2.88. The van der Waals surface area contributed by atoms with E-state index in [4.69, 9.17) is 4.74 Å². The highest BCUT2D eigenvalue weighted by Crippen LogP contribution is 2.22. The third-order valence-electron chi connectivity index (χ3n) is 4.09. The first kappa shape index (κ1) is 14.6. The predicted molar refractivity (Wildman–Crippen MR) is 80.7 cm³/mol. The molecule has 116 valence electrons. The molecule has 1 aliphatic heterocycles. The number of para-hydroxylation sites is 1. The van der Waals surface area contributed by atoms with Crippen LogP contribution in [0.2, 0.25) is 0 Å². The van der Waals surface area contributed by atoms with E-state index in [2.05, 4.69) is 4.98 Å². The lowest BCUT2D eigenvalue weighted by Crippen LogP contribution is -2.53. The van der Waals surface area contributed by atoms with Gasteiger partial charge in [0.1, 0.15) is 0 Å². The van der Waals surface area contributed by atoms with Crippen LogP contribution in [-0.4, -0.2) is 52.7 Å². The molecule has 1 aliphatic rings. The average Bonchev–Trinajstić information content (AvgIpc) is 2.92. The van der Waals surface area contributed by atoms with Gasteiger partial charge in [-0.3, -0.25) is 4.79 Å². The van der Waals surface area contributed by atoms with Crippen molar-refractivity contribution in [2.24, 2.45) is 0 Å². The molecule has 6 nitrogen and oxygen atoms in total.